The molecule has 20 heavy (non-hydrogen) atoms. The molecule has 7 nitrogen and oxygen atoms in total. The molecule has 0 fully saturated rings. The maximum atomic E-state index is 11.7. The van der Waals surface area contributed by atoms with Crippen molar-refractivity contribution in [3.8, 4) is 0 Å². The monoisotopic (exact) mass is 301 g/mol. The van der Waals surface area contributed by atoms with Gasteiger partial charge in [-0.25, -0.2) is 14.6 Å². The van der Waals surface area contributed by atoms with Gasteiger partial charge < -0.3 is 20.5 Å². The van der Waals surface area contributed by atoms with Gasteiger partial charge in [-0.15, -0.1) is 11.3 Å². The van der Waals surface area contributed by atoms with Crippen molar-refractivity contribution in [2.24, 2.45) is 0 Å². The van der Waals surface area contributed by atoms with Crippen molar-refractivity contribution in [2.75, 3.05) is 13.7 Å². The highest BCUT2D eigenvalue weighted by molar-refractivity contribution is 7.11. The molecule has 2 atom stereocenters. The molecule has 112 valence electrons. The lowest BCUT2D eigenvalue weighted by Crippen LogP contribution is -2.48. The molecule has 2 unspecified atom stereocenters. The number of carbonyl (C=O) groups excluding carboxylic acids is 1. The van der Waals surface area contributed by atoms with E-state index >= 15 is 0 Å². The minimum absolute atomic E-state index is 0.0889. The van der Waals surface area contributed by atoms with Gasteiger partial charge in [-0.3, -0.25) is 0 Å². The summed E-state index contributed by atoms with van der Waals surface area (Å²) in [5.74, 6) is -1.14. The van der Waals surface area contributed by atoms with Crippen molar-refractivity contribution in [3.63, 3.8) is 0 Å². The molecule has 0 radical (unpaired) electrons. The highest BCUT2D eigenvalue weighted by Gasteiger charge is 2.21. The normalized spacial score (nSPS) is 13.6. The Morgan fingerprint density at radius 3 is 2.70 bits per heavy atom. The SMILES string of the molecule is CCc1cnc(C(C)NC(=O)NC(COC)C(=O)O)s1. The molecule has 0 bridgehead atoms. The number of ether oxygens (including phenoxy) is 1. The number of nitrogens with zero attached hydrogens (tertiary/aromatic N) is 1. The fourth-order valence-corrected chi connectivity index (χ4v) is 2.35. The Morgan fingerprint density at radius 1 is 1.50 bits per heavy atom. The summed E-state index contributed by atoms with van der Waals surface area (Å²) in [5.41, 5.74) is 0. The number of amides is 2. The Hall–Kier alpha value is -1.67. The fraction of sp³-hybridized carbons (Fsp3) is 0.583. The number of hydrogen-bond donors (Lipinski definition) is 3. The number of hydrogen-bond acceptors (Lipinski definition) is 5. The number of thiazole rings is 1. The van der Waals surface area contributed by atoms with Gasteiger partial charge in [-0.05, 0) is 13.3 Å². The van der Waals surface area contributed by atoms with Crippen LogP contribution in [-0.2, 0) is 16.0 Å². The number of carboxylic acids is 1. The second-order valence-corrected chi connectivity index (χ2v) is 5.35. The first-order chi connectivity index (χ1) is 9.47. The lowest BCUT2D eigenvalue weighted by atomic mass is 10.3. The largest absolute Gasteiger partial charge is 0.480 e. The third-order valence-corrected chi connectivity index (χ3v) is 3.90. The molecule has 1 aromatic rings. The van der Waals surface area contributed by atoms with Crippen LogP contribution >= 0.6 is 11.3 Å². The van der Waals surface area contributed by atoms with Crippen LogP contribution in [0.15, 0.2) is 6.20 Å². The van der Waals surface area contributed by atoms with Crippen LogP contribution < -0.4 is 10.6 Å². The summed E-state index contributed by atoms with van der Waals surface area (Å²) in [6.45, 7) is 3.74. The van der Waals surface area contributed by atoms with Gasteiger partial charge >= 0.3 is 12.0 Å². The van der Waals surface area contributed by atoms with Crippen LogP contribution in [0.4, 0.5) is 4.79 Å². The van der Waals surface area contributed by atoms with Crippen molar-refractivity contribution < 1.29 is 19.4 Å². The van der Waals surface area contributed by atoms with Crippen LogP contribution in [0, 0.1) is 0 Å². The molecule has 1 rings (SSSR count). The van der Waals surface area contributed by atoms with Crippen LogP contribution in [0.3, 0.4) is 0 Å². The average Bonchev–Trinajstić information content (AvgIpc) is 2.86. The molecule has 0 aliphatic carbocycles. The molecule has 0 aromatic carbocycles. The average molecular weight is 301 g/mol. The summed E-state index contributed by atoms with van der Waals surface area (Å²) < 4.78 is 4.74. The number of aliphatic carboxylic acids is 1. The molecule has 1 aromatic heterocycles. The van der Waals surface area contributed by atoms with Gasteiger partial charge in [0, 0.05) is 18.2 Å². The van der Waals surface area contributed by atoms with Gasteiger partial charge in [0.15, 0.2) is 6.04 Å². The summed E-state index contributed by atoms with van der Waals surface area (Å²) in [4.78, 5) is 28.0. The Bertz CT molecular complexity index is 463. The van der Waals surface area contributed by atoms with E-state index in [0.717, 1.165) is 16.3 Å². The number of carboxylic acid groups (broad SMARTS) is 1. The molecule has 0 saturated carbocycles. The molecular formula is C12H19N3O4S. The zero-order valence-corrected chi connectivity index (χ0v) is 12.5. The minimum atomic E-state index is -1.14. The van der Waals surface area contributed by atoms with Gasteiger partial charge in [0.2, 0.25) is 0 Å². The lowest BCUT2D eigenvalue weighted by Gasteiger charge is -2.16. The zero-order valence-electron chi connectivity index (χ0n) is 11.7. The molecule has 2 amide bonds. The molecule has 0 aliphatic heterocycles. The van der Waals surface area contributed by atoms with Crippen LogP contribution in [0.5, 0.6) is 0 Å². The van der Waals surface area contributed by atoms with E-state index in [1.807, 2.05) is 6.92 Å². The van der Waals surface area contributed by atoms with Gasteiger partial charge in [0.25, 0.3) is 0 Å². The molecule has 8 heteroatoms. The maximum absolute atomic E-state index is 11.7. The molecule has 0 spiro atoms. The summed E-state index contributed by atoms with van der Waals surface area (Å²) in [5, 5.41) is 14.7. The number of carbonyl (C=O) groups is 2. The van der Waals surface area contributed by atoms with Gasteiger partial charge in [-0.1, -0.05) is 6.92 Å². The van der Waals surface area contributed by atoms with E-state index < -0.39 is 18.0 Å². The molecule has 3 N–H and O–H groups in total. The van der Waals surface area contributed by atoms with E-state index in [-0.39, 0.29) is 12.6 Å². The van der Waals surface area contributed by atoms with Gasteiger partial charge in [0.1, 0.15) is 5.01 Å². The Balaban J connectivity index is 2.54. The van der Waals surface area contributed by atoms with Crippen molar-refractivity contribution >= 4 is 23.3 Å². The highest BCUT2D eigenvalue weighted by atomic mass is 32.1. The van der Waals surface area contributed by atoms with Crippen LogP contribution in [0.2, 0.25) is 0 Å². The van der Waals surface area contributed by atoms with E-state index in [0.29, 0.717) is 0 Å². The van der Waals surface area contributed by atoms with E-state index in [1.54, 1.807) is 13.1 Å². The molecular weight excluding hydrogens is 282 g/mol. The summed E-state index contributed by atoms with van der Waals surface area (Å²) in [7, 11) is 1.37. The smallest absolute Gasteiger partial charge is 0.328 e. The van der Waals surface area contributed by atoms with Crippen LogP contribution in [0.1, 0.15) is 29.8 Å². The van der Waals surface area contributed by atoms with E-state index in [9.17, 15) is 9.59 Å². The number of nitrogens with one attached hydrogen (secondary N) is 2. The highest BCUT2D eigenvalue weighted by Crippen LogP contribution is 2.19. The van der Waals surface area contributed by atoms with Crippen LogP contribution in [0.25, 0.3) is 0 Å². The number of rotatable bonds is 7. The Morgan fingerprint density at radius 2 is 2.20 bits per heavy atom. The number of aromatic nitrogens is 1. The Kier molecular flexibility index (Phi) is 6.40. The Labute approximate surface area is 121 Å². The second-order valence-electron chi connectivity index (χ2n) is 4.20. The first-order valence-corrected chi connectivity index (χ1v) is 7.02. The summed E-state index contributed by atoms with van der Waals surface area (Å²) in [6.07, 6.45) is 2.67. The van der Waals surface area contributed by atoms with E-state index in [4.69, 9.17) is 9.84 Å². The first-order valence-electron chi connectivity index (χ1n) is 6.21. The maximum Gasteiger partial charge on any atom is 0.328 e. The third-order valence-electron chi connectivity index (χ3n) is 2.57. The topological polar surface area (TPSA) is 101 Å². The zero-order chi connectivity index (χ0) is 15.1. The van der Waals surface area contributed by atoms with Crippen molar-refractivity contribution in [1.82, 2.24) is 15.6 Å². The number of aryl methyl sites for hydroxylation is 1. The van der Waals surface area contributed by atoms with E-state index in [1.165, 1.54) is 18.4 Å². The molecule has 1 heterocycles. The lowest BCUT2D eigenvalue weighted by molar-refractivity contribution is -0.140. The fourth-order valence-electron chi connectivity index (χ4n) is 1.49. The quantitative estimate of drug-likeness (QED) is 0.702. The standard InChI is InChI=1S/C12H19N3O4S/c1-4-8-5-13-10(20-8)7(2)14-12(18)15-9(6-19-3)11(16)17/h5,7,9H,4,6H2,1-3H3,(H,16,17)(H2,14,15,18). The number of urea groups is 1. The van der Waals surface area contributed by atoms with Crippen molar-refractivity contribution in [2.45, 2.75) is 32.4 Å². The first kappa shape index (κ1) is 16.4. The molecule has 0 saturated heterocycles. The minimum Gasteiger partial charge on any atom is -0.480 e. The van der Waals surface area contributed by atoms with Crippen molar-refractivity contribution in [1.29, 1.82) is 0 Å². The number of methoxy groups -OCH3 is 1. The third kappa shape index (κ3) is 4.78. The van der Waals surface area contributed by atoms with Crippen molar-refractivity contribution in [3.05, 3.63) is 16.1 Å². The predicted octanol–water partition coefficient (Wildman–Crippen LogP) is 1.17. The molecule has 0 aliphatic rings. The van der Waals surface area contributed by atoms with E-state index in [2.05, 4.69) is 15.6 Å². The van der Waals surface area contributed by atoms with Crippen LogP contribution in [-0.4, -0.2) is 41.8 Å². The van der Waals surface area contributed by atoms with Gasteiger partial charge in [0.05, 0.1) is 12.6 Å². The van der Waals surface area contributed by atoms with Gasteiger partial charge in [-0.2, -0.15) is 0 Å². The summed E-state index contributed by atoms with van der Waals surface area (Å²) in [6, 6.07) is -1.91. The second kappa shape index (κ2) is 7.81. The summed E-state index contributed by atoms with van der Waals surface area (Å²) >= 11 is 1.52. The predicted molar refractivity (Wildman–Crippen MR) is 74.9 cm³/mol.